The third-order valence-electron chi connectivity index (χ3n) is 4.60. The van der Waals surface area contributed by atoms with Crippen LogP contribution in [0.15, 0.2) is 18.2 Å². The number of ether oxygens (including phenoxy) is 3. The molecule has 3 atom stereocenters. The fourth-order valence-electron chi connectivity index (χ4n) is 3.27. The summed E-state index contributed by atoms with van der Waals surface area (Å²) in [5.41, 5.74) is 0. The van der Waals surface area contributed by atoms with Gasteiger partial charge >= 0.3 is 0 Å². The second-order valence-corrected chi connectivity index (χ2v) is 6.28. The summed E-state index contributed by atoms with van der Waals surface area (Å²) in [6, 6.07) is 6.50. The number of rotatable bonds is 7. The molecule has 0 spiro atoms. The average molecular weight is 323 g/mol. The Labute approximate surface area is 139 Å². The minimum atomic E-state index is -0.549. The minimum Gasteiger partial charge on any atom is -0.493 e. The van der Waals surface area contributed by atoms with Crippen LogP contribution in [0.3, 0.4) is 0 Å². The Kier molecular flexibility index (Phi) is 6.54. The van der Waals surface area contributed by atoms with Crippen LogP contribution in [0, 0.1) is 0 Å². The standard InChI is InChI=1S/C18H29NO4/c1-13-7-5-8-14(2)19(13)11-15(20)12-23-18-16(21-3)9-6-10-17(18)22-4/h6,9-10,13-15,20H,5,7-8,11-12H2,1-4H3/t13-,14-,15+/m1/s1. The largest absolute Gasteiger partial charge is 0.493 e. The summed E-state index contributed by atoms with van der Waals surface area (Å²) in [5.74, 6) is 1.75. The van der Waals surface area contributed by atoms with Gasteiger partial charge in [-0.3, -0.25) is 4.90 Å². The van der Waals surface area contributed by atoms with Crippen molar-refractivity contribution < 1.29 is 19.3 Å². The fourth-order valence-corrected chi connectivity index (χ4v) is 3.27. The number of methoxy groups -OCH3 is 2. The molecule has 130 valence electrons. The molecule has 0 radical (unpaired) electrons. The van der Waals surface area contributed by atoms with Gasteiger partial charge in [0.25, 0.3) is 0 Å². The summed E-state index contributed by atoms with van der Waals surface area (Å²) in [7, 11) is 3.18. The van der Waals surface area contributed by atoms with Crippen LogP contribution in [0.2, 0.25) is 0 Å². The number of aliphatic hydroxyl groups is 1. The number of nitrogens with zero attached hydrogens (tertiary/aromatic N) is 1. The molecule has 1 aliphatic rings. The molecule has 1 N–H and O–H groups in total. The van der Waals surface area contributed by atoms with Crippen LogP contribution in [-0.4, -0.2) is 55.6 Å². The van der Waals surface area contributed by atoms with Crippen molar-refractivity contribution in [2.24, 2.45) is 0 Å². The summed E-state index contributed by atoms with van der Waals surface area (Å²) in [4.78, 5) is 2.37. The number of likely N-dealkylation sites (tertiary alicyclic amines) is 1. The van der Waals surface area contributed by atoms with Crippen molar-refractivity contribution in [1.82, 2.24) is 4.90 Å². The Morgan fingerprint density at radius 3 is 2.22 bits per heavy atom. The van der Waals surface area contributed by atoms with Crippen LogP contribution >= 0.6 is 0 Å². The van der Waals surface area contributed by atoms with Gasteiger partial charge in [-0.15, -0.1) is 0 Å². The fraction of sp³-hybridized carbons (Fsp3) is 0.667. The van der Waals surface area contributed by atoms with Crippen molar-refractivity contribution in [3.05, 3.63) is 18.2 Å². The van der Waals surface area contributed by atoms with Gasteiger partial charge in [0.15, 0.2) is 11.5 Å². The van der Waals surface area contributed by atoms with Gasteiger partial charge in [-0.2, -0.15) is 0 Å². The van der Waals surface area contributed by atoms with Gasteiger partial charge in [-0.05, 0) is 38.8 Å². The Morgan fingerprint density at radius 2 is 1.70 bits per heavy atom. The number of para-hydroxylation sites is 1. The Balaban J connectivity index is 1.95. The first-order valence-electron chi connectivity index (χ1n) is 8.34. The molecule has 0 aromatic heterocycles. The van der Waals surface area contributed by atoms with Crippen molar-refractivity contribution in [3.63, 3.8) is 0 Å². The Morgan fingerprint density at radius 1 is 1.13 bits per heavy atom. The maximum absolute atomic E-state index is 10.4. The third kappa shape index (κ3) is 4.52. The topological polar surface area (TPSA) is 51.2 Å². The van der Waals surface area contributed by atoms with Crippen LogP contribution in [0.25, 0.3) is 0 Å². The molecule has 23 heavy (non-hydrogen) atoms. The zero-order chi connectivity index (χ0) is 16.8. The second-order valence-electron chi connectivity index (χ2n) is 6.28. The lowest BCUT2D eigenvalue weighted by molar-refractivity contribution is 0.0200. The van der Waals surface area contributed by atoms with E-state index >= 15 is 0 Å². The predicted molar refractivity (Wildman–Crippen MR) is 90.5 cm³/mol. The van der Waals surface area contributed by atoms with E-state index in [1.54, 1.807) is 14.2 Å². The summed E-state index contributed by atoms with van der Waals surface area (Å²) in [6.45, 7) is 5.30. The highest BCUT2D eigenvalue weighted by Gasteiger charge is 2.26. The molecule has 0 saturated carbocycles. The molecule has 1 saturated heterocycles. The number of benzene rings is 1. The van der Waals surface area contributed by atoms with Gasteiger partial charge in [-0.25, -0.2) is 0 Å². The molecule has 1 heterocycles. The van der Waals surface area contributed by atoms with Gasteiger partial charge in [0, 0.05) is 18.6 Å². The van der Waals surface area contributed by atoms with Crippen LogP contribution in [-0.2, 0) is 0 Å². The smallest absolute Gasteiger partial charge is 0.203 e. The molecule has 1 aliphatic heterocycles. The van der Waals surface area contributed by atoms with Crippen molar-refractivity contribution in [2.45, 2.75) is 51.3 Å². The van der Waals surface area contributed by atoms with Gasteiger partial charge in [0.1, 0.15) is 12.7 Å². The zero-order valence-electron chi connectivity index (χ0n) is 14.6. The van der Waals surface area contributed by atoms with E-state index in [2.05, 4.69) is 18.7 Å². The molecule has 0 unspecified atom stereocenters. The van der Waals surface area contributed by atoms with E-state index in [1.165, 1.54) is 19.3 Å². The molecule has 5 heteroatoms. The normalized spacial score (nSPS) is 23.3. The van der Waals surface area contributed by atoms with Crippen LogP contribution < -0.4 is 14.2 Å². The Hall–Kier alpha value is -1.46. The first-order valence-corrected chi connectivity index (χ1v) is 8.34. The van der Waals surface area contributed by atoms with Crippen LogP contribution in [0.1, 0.15) is 33.1 Å². The summed E-state index contributed by atoms with van der Waals surface area (Å²) in [5, 5.41) is 10.4. The number of β-amino-alcohol motifs (C(OH)–C–C–N with tert-alkyl or cyclic N) is 1. The molecule has 1 aromatic carbocycles. The molecule has 5 nitrogen and oxygen atoms in total. The van der Waals surface area contributed by atoms with E-state index in [9.17, 15) is 5.11 Å². The first-order chi connectivity index (χ1) is 11.1. The summed E-state index contributed by atoms with van der Waals surface area (Å²) < 4.78 is 16.4. The number of hydrogen-bond donors (Lipinski definition) is 1. The number of hydrogen-bond acceptors (Lipinski definition) is 5. The van der Waals surface area contributed by atoms with Crippen molar-refractivity contribution in [2.75, 3.05) is 27.4 Å². The van der Waals surface area contributed by atoms with Crippen LogP contribution in [0.5, 0.6) is 17.2 Å². The third-order valence-corrected chi connectivity index (χ3v) is 4.60. The van der Waals surface area contributed by atoms with E-state index in [1.807, 2.05) is 18.2 Å². The molecule has 0 aliphatic carbocycles. The quantitative estimate of drug-likeness (QED) is 0.836. The van der Waals surface area contributed by atoms with E-state index in [4.69, 9.17) is 14.2 Å². The highest BCUT2D eigenvalue weighted by molar-refractivity contribution is 5.51. The molecule has 2 rings (SSSR count). The van der Waals surface area contributed by atoms with E-state index in [-0.39, 0.29) is 6.61 Å². The van der Waals surface area contributed by atoms with Crippen LogP contribution in [0.4, 0.5) is 0 Å². The lowest BCUT2D eigenvalue weighted by Gasteiger charge is -2.40. The summed E-state index contributed by atoms with van der Waals surface area (Å²) >= 11 is 0. The van der Waals surface area contributed by atoms with Gasteiger partial charge in [0.2, 0.25) is 5.75 Å². The van der Waals surface area contributed by atoms with E-state index < -0.39 is 6.10 Å². The highest BCUT2D eigenvalue weighted by Crippen LogP contribution is 2.36. The molecule has 0 bridgehead atoms. The maximum atomic E-state index is 10.4. The van der Waals surface area contributed by atoms with Crippen molar-refractivity contribution in [1.29, 1.82) is 0 Å². The highest BCUT2D eigenvalue weighted by atomic mass is 16.5. The molecular formula is C18H29NO4. The predicted octanol–water partition coefficient (Wildman–Crippen LogP) is 2.71. The minimum absolute atomic E-state index is 0.215. The second kappa shape index (κ2) is 8.41. The zero-order valence-corrected chi connectivity index (χ0v) is 14.6. The maximum Gasteiger partial charge on any atom is 0.203 e. The Bertz CT molecular complexity index is 462. The van der Waals surface area contributed by atoms with Crippen molar-refractivity contribution >= 4 is 0 Å². The first kappa shape index (κ1) is 17.9. The monoisotopic (exact) mass is 323 g/mol. The summed E-state index contributed by atoms with van der Waals surface area (Å²) in [6.07, 6.45) is 3.10. The van der Waals surface area contributed by atoms with E-state index in [0.717, 1.165) is 0 Å². The van der Waals surface area contributed by atoms with Gasteiger partial charge in [0.05, 0.1) is 14.2 Å². The van der Waals surface area contributed by atoms with E-state index in [0.29, 0.717) is 35.9 Å². The lowest BCUT2D eigenvalue weighted by Crippen LogP contribution is -2.48. The van der Waals surface area contributed by atoms with Gasteiger partial charge in [-0.1, -0.05) is 12.5 Å². The number of aliphatic hydroxyl groups excluding tert-OH is 1. The van der Waals surface area contributed by atoms with Gasteiger partial charge < -0.3 is 19.3 Å². The van der Waals surface area contributed by atoms with Crippen molar-refractivity contribution in [3.8, 4) is 17.2 Å². The lowest BCUT2D eigenvalue weighted by atomic mass is 9.97. The molecule has 1 fully saturated rings. The molecular weight excluding hydrogens is 294 g/mol. The number of piperidine rings is 1. The average Bonchev–Trinajstić information content (AvgIpc) is 2.56. The molecule has 0 amide bonds. The molecule has 1 aromatic rings. The SMILES string of the molecule is COc1cccc(OC)c1OC[C@@H](O)CN1[C@H](C)CCC[C@H]1C.